The Bertz CT molecular complexity index is 1010. The Kier molecular flexibility index (Phi) is 6.15. The summed E-state index contributed by atoms with van der Waals surface area (Å²) in [4.78, 5) is 12.1. The quantitative estimate of drug-likeness (QED) is 0.424. The van der Waals surface area contributed by atoms with Crippen LogP contribution in [0.25, 0.3) is 11.4 Å². The van der Waals surface area contributed by atoms with Crippen LogP contribution in [0, 0.1) is 11.6 Å². The van der Waals surface area contributed by atoms with Crippen molar-refractivity contribution in [2.24, 2.45) is 0 Å². The molecule has 0 radical (unpaired) electrons. The molecule has 0 atom stereocenters. The molecule has 0 aliphatic heterocycles. The van der Waals surface area contributed by atoms with E-state index in [0.717, 1.165) is 17.8 Å². The Morgan fingerprint density at radius 3 is 2.82 bits per heavy atom. The summed E-state index contributed by atoms with van der Waals surface area (Å²) in [6.45, 7) is 0. The molecule has 3 aromatic rings. The zero-order valence-electron chi connectivity index (χ0n) is 14.4. The van der Waals surface area contributed by atoms with Crippen LogP contribution in [0.4, 0.5) is 14.5 Å². The molecule has 0 aliphatic rings. The minimum Gasteiger partial charge on any atom is -0.497 e. The molecule has 3 N–H and O–H groups in total. The van der Waals surface area contributed by atoms with E-state index in [1.165, 1.54) is 4.68 Å². The van der Waals surface area contributed by atoms with Gasteiger partial charge in [0.05, 0.1) is 18.6 Å². The van der Waals surface area contributed by atoms with Gasteiger partial charge in [-0.2, -0.15) is 0 Å². The van der Waals surface area contributed by atoms with E-state index in [1.807, 2.05) is 0 Å². The van der Waals surface area contributed by atoms with Crippen LogP contribution in [0.15, 0.2) is 46.0 Å². The molecule has 0 unspecified atom stereocenters. The van der Waals surface area contributed by atoms with Gasteiger partial charge in [0.15, 0.2) is 11.6 Å². The zero-order valence-corrected chi connectivity index (χ0v) is 16.9. The number of nitrogens with zero attached hydrogens (tertiary/aromatic N) is 3. The van der Waals surface area contributed by atoms with Crippen molar-refractivity contribution in [2.75, 3.05) is 24.0 Å². The number of methoxy groups -OCH3 is 1. The van der Waals surface area contributed by atoms with Crippen molar-refractivity contribution in [1.29, 1.82) is 0 Å². The van der Waals surface area contributed by atoms with Crippen molar-refractivity contribution >= 4 is 39.3 Å². The molecule has 1 aromatic heterocycles. The van der Waals surface area contributed by atoms with E-state index < -0.39 is 17.5 Å². The monoisotopic (exact) mass is 469 g/mol. The maximum Gasteiger partial charge on any atom is 0.234 e. The van der Waals surface area contributed by atoms with Crippen molar-refractivity contribution in [3.63, 3.8) is 0 Å². The first kappa shape index (κ1) is 20.1. The van der Waals surface area contributed by atoms with E-state index in [0.29, 0.717) is 28.4 Å². The van der Waals surface area contributed by atoms with E-state index in [-0.39, 0.29) is 15.9 Å². The van der Waals surface area contributed by atoms with Gasteiger partial charge in [0.25, 0.3) is 0 Å². The Balaban J connectivity index is 1.68. The second-order valence-corrected chi connectivity index (χ2v) is 7.29. The van der Waals surface area contributed by atoms with Crippen molar-refractivity contribution in [2.45, 2.75) is 5.16 Å². The van der Waals surface area contributed by atoms with Gasteiger partial charge in [-0.3, -0.25) is 4.79 Å². The number of nitrogens with two attached hydrogens (primary N) is 1. The number of anilines is 1. The Hall–Kier alpha value is -2.66. The van der Waals surface area contributed by atoms with Crippen LogP contribution < -0.4 is 15.9 Å². The molecule has 146 valence electrons. The first-order valence-electron chi connectivity index (χ1n) is 7.81. The molecule has 0 saturated carbocycles. The molecule has 0 aliphatic carbocycles. The predicted octanol–water partition coefficient (Wildman–Crippen LogP) is 3.44. The van der Waals surface area contributed by atoms with Crippen molar-refractivity contribution in [3.8, 4) is 17.1 Å². The number of carbonyl (C=O) groups is 1. The molecule has 0 spiro atoms. The number of aromatic nitrogens is 3. The summed E-state index contributed by atoms with van der Waals surface area (Å²) in [7, 11) is 1.55. The van der Waals surface area contributed by atoms with E-state index in [2.05, 4.69) is 31.4 Å². The van der Waals surface area contributed by atoms with Gasteiger partial charge < -0.3 is 15.9 Å². The normalized spacial score (nSPS) is 10.7. The van der Waals surface area contributed by atoms with Gasteiger partial charge in [-0.25, -0.2) is 13.5 Å². The summed E-state index contributed by atoms with van der Waals surface area (Å²) in [5, 5.41) is 10.7. The topological polar surface area (TPSA) is 95.1 Å². The third kappa shape index (κ3) is 4.42. The fourth-order valence-corrected chi connectivity index (χ4v) is 3.47. The SMILES string of the molecule is COc1cccc(-c2nnc(SCC(=O)Nc3c(F)cc(F)cc3Br)n2N)c1. The maximum absolute atomic E-state index is 13.8. The van der Waals surface area contributed by atoms with E-state index in [9.17, 15) is 13.6 Å². The van der Waals surface area contributed by atoms with Gasteiger partial charge in [0, 0.05) is 16.1 Å². The van der Waals surface area contributed by atoms with Gasteiger partial charge in [-0.1, -0.05) is 23.9 Å². The zero-order chi connectivity index (χ0) is 20.3. The first-order chi connectivity index (χ1) is 13.4. The van der Waals surface area contributed by atoms with Crippen LogP contribution >= 0.6 is 27.7 Å². The smallest absolute Gasteiger partial charge is 0.234 e. The fraction of sp³-hybridized carbons (Fsp3) is 0.118. The molecule has 3 rings (SSSR count). The largest absolute Gasteiger partial charge is 0.497 e. The molecule has 1 heterocycles. The summed E-state index contributed by atoms with van der Waals surface area (Å²) in [6.07, 6.45) is 0. The van der Waals surface area contributed by atoms with Gasteiger partial charge >= 0.3 is 0 Å². The number of hydrogen-bond acceptors (Lipinski definition) is 6. The number of nitrogen functional groups attached to an aromatic ring is 1. The highest BCUT2D eigenvalue weighted by atomic mass is 79.9. The average Bonchev–Trinajstić information content (AvgIpc) is 3.03. The van der Waals surface area contributed by atoms with Crippen LogP contribution in [0.5, 0.6) is 5.75 Å². The molecule has 28 heavy (non-hydrogen) atoms. The number of carbonyl (C=O) groups excluding carboxylic acids is 1. The molecule has 0 fully saturated rings. The average molecular weight is 470 g/mol. The lowest BCUT2D eigenvalue weighted by molar-refractivity contribution is -0.113. The number of halogens is 3. The molecule has 11 heteroatoms. The number of hydrogen-bond donors (Lipinski definition) is 2. The highest BCUT2D eigenvalue weighted by molar-refractivity contribution is 9.10. The van der Waals surface area contributed by atoms with Crippen molar-refractivity contribution in [1.82, 2.24) is 14.9 Å². The summed E-state index contributed by atoms with van der Waals surface area (Å²) < 4.78 is 33.5. The van der Waals surface area contributed by atoms with Crippen LogP contribution in [0.3, 0.4) is 0 Å². The first-order valence-corrected chi connectivity index (χ1v) is 9.59. The molecular weight excluding hydrogens is 456 g/mol. The van der Waals surface area contributed by atoms with Gasteiger partial charge in [0.1, 0.15) is 11.6 Å². The minimum absolute atomic E-state index is 0.100. The fourth-order valence-electron chi connectivity index (χ4n) is 2.30. The van der Waals surface area contributed by atoms with Crippen LogP contribution in [0.2, 0.25) is 0 Å². The van der Waals surface area contributed by atoms with Gasteiger partial charge in [-0.05, 0) is 34.1 Å². The van der Waals surface area contributed by atoms with Crippen molar-refractivity contribution in [3.05, 3.63) is 52.5 Å². The number of nitrogens with one attached hydrogen (secondary N) is 1. The lowest BCUT2D eigenvalue weighted by Crippen LogP contribution is -2.17. The third-order valence-electron chi connectivity index (χ3n) is 3.60. The van der Waals surface area contributed by atoms with Crippen LogP contribution in [-0.2, 0) is 4.79 Å². The minimum atomic E-state index is -0.882. The lowest BCUT2D eigenvalue weighted by Gasteiger charge is -2.09. The van der Waals surface area contributed by atoms with Gasteiger partial charge in [-0.15, -0.1) is 10.2 Å². The van der Waals surface area contributed by atoms with Crippen LogP contribution in [-0.4, -0.2) is 33.6 Å². The maximum atomic E-state index is 13.8. The molecule has 2 aromatic carbocycles. The van der Waals surface area contributed by atoms with Gasteiger partial charge in [0.2, 0.25) is 11.1 Å². The predicted molar refractivity (Wildman–Crippen MR) is 106 cm³/mol. The second kappa shape index (κ2) is 8.57. The highest BCUT2D eigenvalue weighted by Crippen LogP contribution is 2.28. The number of amides is 1. The molecule has 1 amide bonds. The molecule has 0 saturated heterocycles. The molecule has 7 nitrogen and oxygen atoms in total. The van der Waals surface area contributed by atoms with Crippen LogP contribution in [0.1, 0.15) is 0 Å². The standard InChI is InChI=1S/C17H14BrF2N5O2S/c1-27-11-4-2-3-9(5-11)16-23-24-17(25(16)21)28-8-14(26)22-15-12(18)6-10(19)7-13(15)20/h2-7H,8,21H2,1H3,(H,22,26). The highest BCUT2D eigenvalue weighted by Gasteiger charge is 2.16. The van der Waals surface area contributed by atoms with E-state index >= 15 is 0 Å². The number of ether oxygens (including phenoxy) is 1. The second-order valence-electron chi connectivity index (χ2n) is 5.49. The Morgan fingerprint density at radius 2 is 2.11 bits per heavy atom. The van der Waals surface area contributed by atoms with E-state index in [4.69, 9.17) is 10.6 Å². The summed E-state index contributed by atoms with van der Waals surface area (Å²) in [6, 6.07) is 8.87. The van der Waals surface area contributed by atoms with Crippen molar-refractivity contribution < 1.29 is 18.3 Å². The molecular formula is C17H14BrF2N5O2S. The summed E-state index contributed by atoms with van der Waals surface area (Å²) in [5.41, 5.74) is 0.557. The Labute approximate surface area is 171 Å². The molecule has 0 bridgehead atoms. The third-order valence-corrected chi connectivity index (χ3v) is 5.16. The number of benzene rings is 2. The lowest BCUT2D eigenvalue weighted by atomic mass is 10.2. The Morgan fingerprint density at radius 1 is 1.32 bits per heavy atom. The summed E-state index contributed by atoms with van der Waals surface area (Å²) in [5.74, 6) is 4.81. The van der Waals surface area contributed by atoms with E-state index in [1.54, 1.807) is 31.4 Å². The summed E-state index contributed by atoms with van der Waals surface area (Å²) >= 11 is 4.04. The number of rotatable bonds is 6. The number of thioether (sulfide) groups is 1.